The Morgan fingerprint density at radius 3 is 2.32 bits per heavy atom. The Kier molecular flexibility index (Phi) is 9.41. The first kappa shape index (κ1) is 26.1. The Morgan fingerprint density at radius 2 is 1.77 bits per heavy atom. The largest absolute Gasteiger partial charge is 0.444 e. The summed E-state index contributed by atoms with van der Waals surface area (Å²) in [7, 11) is 1.52. The van der Waals surface area contributed by atoms with Crippen LogP contribution in [0, 0.1) is 18.8 Å². The molecule has 0 bridgehead atoms. The molecular formula is C25H40BrNO4. The highest BCUT2D eigenvalue weighted by Gasteiger charge is 2.28. The van der Waals surface area contributed by atoms with Crippen molar-refractivity contribution in [1.29, 1.82) is 0 Å². The van der Waals surface area contributed by atoms with Crippen molar-refractivity contribution in [3.8, 4) is 0 Å². The number of halogens is 1. The van der Waals surface area contributed by atoms with Crippen molar-refractivity contribution in [3.63, 3.8) is 0 Å². The van der Waals surface area contributed by atoms with Gasteiger partial charge in [0.05, 0.1) is 0 Å². The second kappa shape index (κ2) is 11.2. The fourth-order valence-corrected chi connectivity index (χ4v) is 5.12. The third-order valence-electron chi connectivity index (χ3n) is 6.56. The molecule has 0 spiro atoms. The summed E-state index contributed by atoms with van der Waals surface area (Å²) in [4.78, 5) is 12.0. The molecule has 0 saturated heterocycles. The Bertz CT molecular complexity index is 738. The van der Waals surface area contributed by atoms with Gasteiger partial charge < -0.3 is 19.9 Å². The molecule has 1 aliphatic carbocycles. The molecule has 1 aliphatic rings. The van der Waals surface area contributed by atoms with Gasteiger partial charge >= 0.3 is 6.09 Å². The minimum Gasteiger partial charge on any atom is -0.444 e. The minimum atomic E-state index is -0.911. The fraction of sp³-hybridized carbons (Fsp3) is 0.720. The SMILES string of the molecule is COC(O)c1cc(Br)cc(C(C)[C@H](C)CC2CCC(NC(=O)OC(C)(C)C)CC2)c1C. The number of benzene rings is 1. The zero-order chi connectivity index (χ0) is 23.3. The lowest BCUT2D eigenvalue weighted by atomic mass is 9.76. The molecule has 3 atom stereocenters. The van der Waals surface area contributed by atoms with E-state index < -0.39 is 11.9 Å². The molecule has 31 heavy (non-hydrogen) atoms. The van der Waals surface area contributed by atoms with Crippen molar-refractivity contribution in [1.82, 2.24) is 5.32 Å². The van der Waals surface area contributed by atoms with Crippen LogP contribution in [-0.2, 0) is 9.47 Å². The van der Waals surface area contributed by atoms with E-state index in [4.69, 9.17) is 9.47 Å². The highest BCUT2D eigenvalue weighted by atomic mass is 79.9. The molecule has 176 valence electrons. The Morgan fingerprint density at radius 1 is 1.19 bits per heavy atom. The summed E-state index contributed by atoms with van der Waals surface area (Å²) < 4.78 is 11.5. The third-order valence-corrected chi connectivity index (χ3v) is 7.02. The van der Waals surface area contributed by atoms with Gasteiger partial charge in [0.25, 0.3) is 0 Å². The van der Waals surface area contributed by atoms with Gasteiger partial charge in [-0.25, -0.2) is 4.79 Å². The van der Waals surface area contributed by atoms with Crippen molar-refractivity contribution in [2.75, 3.05) is 7.11 Å². The predicted octanol–water partition coefficient (Wildman–Crippen LogP) is 6.61. The molecule has 1 amide bonds. The Hall–Kier alpha value is -1.11. The maximum atomic E-state index is 12.0. The van der Waals surface area contributed by atoms with Gasteiger partial charge in [-0.2, -0.15) is 0 Å². The number of methoxy groups -OCH3 is 1. The van der Waals surface area contributed by atoms with Gasteiger partial charge in [-0.05, 0) is 101 Å². The molecule has 5 nitrogen and oxygen atoms in total. The second-order valence-electron chi connectivity index (χ2n) is 10.2. The quantitative estimate of drug-likeness (QED) is 0.415. The van der Waals surface area contributed by atoms with Crippen LogP contribution in [0.3, 0.4) is 0 Å². The zero-order valence-corrected chi connectivity index (χ0v) is 21.7. The number of ether oxygens (including phenoxy) is 2. The predicted molar refractivity (Wildman–Crippen MR) is 128 cm³/mol. The molecule has 0 radical (unpaired) electrons. The van der Waals surface area contributed by atoms with E-state index >= 15 is 0 Å². The summed E-state index contributed by atoms with van der Waals surface area (Å²) in [5, 5.41) is 13.2. The number of hydrogen-bond acceptors (Lipinski definition) is 4. The Balaban J connectivity index is 1.93. The van der Waals surface area contributed by atoms with Crippen molar-refractivity contribution in [3.05, 3.63) is 33.3 Å². The van der Waals surface area contributed by atoms with Gasteiger partial charge in [0.2, 0.25) is 0 Å². The van der Waals surface area contributed by atoms with Gasteiger partial charge in [-0.3, -0.25) is 0 Å². The molecule has 2 rings (SSSR count). The number of aliphatic hydroxyl groups excluding tert-OH is 1. The summed E-state index contributed by atoms with van der Waals surface area (Å²) in [6.45, 7) is 12.3. The van der Waals surface area contributed by atoms with Crippen LogP contribution in [0.15, 0.2) is 16.6 Å². The maximum absolute atomic E-state index is 12.0. The molecule has 0 aliphatic heterocycles. The first-order chi connectivity index (χ1) is 14.4. The van der Waals surface area contributed by atoms with Crippen LogP contribution in [0.1, 0.15) is 95.6 Å². The van der Waals surface area contributed by atoms with Crippen LogP contribution in [0.5, 0.6) is 0 Å². The lowest BCUT2D eigenvalue weighted by molar-refractivity contribution is -0.0774. The van der Waals surface area contributed by atoms with Crippen LogP contribution >= 0.6 is 15.9 Å². The van der Waals surface area contributed by atoms with E-state index in [0.717, 1.165) is 47.7 Å². The second-order valence-corrected chi connectivity index (χ2v) is 11.1. The minimum absolute atomic E-state index is 0.212. The van der Waals surface area contributed by atoms with E-state index in [9.17, 15) is 9.90 Å². The average Bonchev–Trinajstić information content (AvgIpc) is 2.68. The third kappa shape index (κ3) is 7.76. The molecule has 1 aromatic carbocycles. The van der Waals surface area contributed by atoms with E-state index in [-0.39, 0.29) is 12.1 Å². The van der Waals surface area contributed by atoms with Crippen LogP contribution in [-0.4, -0.2) is 30.0 Å². The highest BCUT2D eigenvalue weighted by molar-refractivity contribution is 9.10. The van der Waals surface area contributed by atoms with Gasteiger partial charge in [0, 0.05) is 23.2 Å². The van der Waals surface area contributed by atoms with Crippen molar-refractivity contribution in [2.24, 2.45) is 11.8 Å². The topological polar surface area (TPSA) is 67.8 Å². The van der Waals surface area contributed by atoms with Gasteiger partial charge in [0.1, 0.15) is 5.60 Å². The van der Waals surface area contributed by atoms with Crippen molar-refractivity contribution in [2.45, 2.75) is 97.5 Å². The summed E-state index contributed by atoms with van der Waals surface area (Å²) in [6.07, 6.45) is 4.21. The summed E-state index contributed by atoms with van der Waals surface area (Å²) in [6, 6.07) is 4.32. The van der Waals surface area contributed by atoms with E-state index in [1.165, 1.54) is 12.7 Å². The average molecular weight is 499 g/mol. The maximum Gasteiger partial charge on any atom is 0.407 e. The molecule has 6 heteroatoms. The summed E-state index contributed by atoms with van der Waals surface area (Å²) in [5.74, 6) is 1.56. The molecule has 0 aromatic heterocycles. The number of amides is 1. The van der Waals surface area contributed by atoms with Crippen LogP contribution in [0.25, 0.3) is 0 Å². The van der Waals surface area contributed by atoms with Crippen molar-refractivity contribution >= 4 is 22.0 Å². The first-order valence-corrected chi connectivity index (χ1v) is 12.2. The number of hydrogen-bond donors (Lipinski definition) is 2. The van der Waals surface area contributed by atoms with E-state index in [1.54, 1.807) is 0 Å². The van der Waals surface area contributed by atoms with Crippen LogP contribution < -0.4 is 5.32 Å². The highest BCUT2D eigenvalue weighted by Crippen LogP contribution is 2.38. The number of carbonyl (C=O) groups is 1. The summed E-state index contributed by atoms with van der Waals surface area (Å²) >= 11 is 3.59. The number of nitrogens with one attached hydrogen (secondary N) is 1. The normalized spacial score (nSPS) is 22.5. The number of carbonyl (C=O) groups excluding carboxylic acids is 1. The summed E-state index contributed by atoms with van der Waals surface area (Å²) in [5.41, 5.74) is 2.71. The van der Waals surface area contributed by atoms with Gasteiger partial charge in [-0.15, -0.1) is 0 Å². The molecular weight excluding hydrogens is 458 g/mol. The number of aliphatic hydroxyl groups is 1. The molecule has 1 aromatic rings. The van der Waals surface area contributed by atoms with Crippen LogP contribution in [0.4, 0.5) is 4.79 Å². The molecule has 0 heterocycles. The lowest BCUT2D eigenvalue weighted by Crippen LogP contribution is -2.41. The standard InChI is InChI=1S/C25H40BrNO4/c1-15(16(2)21-13-19(26)14-22(17(21)3)23(28)30-7)12-18-8-10-20(11-9-18)27-24(29)31-25(4,5)6/h13-16,18,20,23,28H,8-12H2,1-7H3,(H,27,29)/t15-,16?,18?,20?,23?/m1/s1. The monoisotopic (exact) mass is 497 g/mol. The molecule has 2 N–H and O–H groups in total. The van der Waals surface area contributed by atoms with Gasteiger partial charge in [0.15, 0.2) is 6.29 Å². The fourth-order valence-electron chi connectivity index (χ4n) is 4.63. The lowest BCUT2D eigenvalue weighted by Gasteiger charge is -2.33. The molecule has 1 fully saturated rings. The van der Waals surface area contributed by atoms with Gasteiger partial charge in [-0.1, -0.05) is 29.8 Å². The first-order valence-electron chi connectivity index (χ1n) is 11.4. The molecule has 1 saturated carbocycles. The number of rotatable bonds is 7. The van der Waals surface area contributed by atoms with Crippen LogP contribution in [0.2, 0.25) is 0 Å². The van der Waals surface area contributed by atoms with E-state index in [1.807, 2.05) is 26.8 Å². The van der Waals surface area contributed by atoms with E-state index in [0.29, 0.717) is 17.8 Å². The number of alkyl carbamates (subject to hydrolysis) is 1. The van der Waals surface area contributed by atoms with E-state index in [2.05, 4.69) is 48.1 Å². The Labute approximate surface area is 196 Å². The zero-order valence-electron chi connectivity index (χ0n) is 20.1. The van der Waals surface area contributed by atoms with Crippen molar-refractivity contribution < 1.29 is 19.4 Å². The smallest absolute Gasteiger partial charge is 0.407 e. The molecule has 2 unspecified atom stereocenters.